The Bertz CT molecular complexity index is 821. The first kappa shape index (κ1) is 16.7. The number of hydrogen-bond acceptors (Lipinski definition) is 3. The van der Waals surface area contributed by atoms with E-state index in [-0.39, 0.29) is 0 Å². The summed E-state index contributed by atoms with van der Waals surface area (Å²) in [6, 6.07) is 18.4. The SMILES string of the molecule is Cc1ccc(CN=C(NCc2ncnn2C)Nc2ccccc2)cc1. The van der Waals surface area contributed by atoms with Crippen molar-refractivity contribution >= 4 is 11.6 Å². The van der Waals surface area contributed by atoms with Gasteiger partial charge in [0.1, 0.15) is 12.2 Å². The first-order chi connectivity index (χ1) is 12.2. The predicted octanol–water partition coefficient (Wildman–Crippen LogP) is 2.88. The van der Waals surface area contributed by atoms with Crippen LogP contribution in [0.4, 0.5) is 5.69 Å². The topological polar surface area (TPSA) is 67.1 Å². The predicted molar refractivity (Wildman–Crippen MR) is 100 cm³/mol. The van der Waals surface area contributed by atoms with Crippen LogP contribution in [-0.4, -0.2) is 20.7 Å². The standard InChI is InChI=1S/C19H22N6/c1-15-8-10-16(11-9-15)12-20-19(24-17-6-4-3-5-7-17)21-13-18-22-14-23-25(18)2/h3-11,14H,12-13H2,1-2H3,(H2,20,21,24). The Kier molecular flexibility index (Phi) is 5.41. The number of anilines is 1. The van der Waals surface area contributed by atoms with Crippen LogP contribution in [0.1, 0.15) is 17.0 Å². The molecule has 1 aromatic heterocycles. The maximum Gasteiger partial charge on any atom is 0.196 e. The second kappa shape index (κ2) is 8.10. The highest BCUT2D eigenvalue weighted by molar-refractivity contribution is 5.93. The number of para-hydroxylation sites is 1. The molecule has 0 amide bonds. The summed E-state index contributed by atoms with van der Waals surface area (Å²) in [7, 11) is 1.87. The Morgan fingerprint density at radius 2 is 1.84 bits per heavy atom. The fourth-order valence-corrected chi connectivity index (χ4v) is 2.30. The molecule has 2 aromatic carbocycles. The fourth-order valence-electron chi connectivity index (χ4n) is 2.30. The first-order valence-electron chi connectivity index (χ1n) is 8.19. The molecule has 0 saturated heterocycles. The maximum absolute atomic E-state index is 4.69. The molecule has 6 nitrogen and oxygen atoms in total. The number of rotatable bonds is 5. The van der Waals surface area contributed by atoms with Gasteiger partial charge in [0.05, 0.1) is 13.1 Å². The van der Waals surface area contributed by atoms with Crippen LogP contribution in [-0.2, 0) is 20.1 Å². The second-order valence-corrected chi connectivity index (χ2v) is 5.79. The Hall–Kier alpha value is -3.15. The molecule has 25 heavy (non-hydrogen) atoms. The van der Waals surface area contributed by atoms with Crippen LogP contribution >= 0.6 is 0 Å². The summed E-state index contributed by atoms with van der Waals surface area (Å²) in [6.07, 6.45) is 1.55. The molecule has 3 rings (SSSR count). The van der Waals surface area contributed by atoms with Crippen molar-refractivity contribution in [2.75, 3.05) is 5.32 Å². The van der Waals surface area contributed by atoms with Gasteiger partial charge in [-0.3, -0.25) is 4.68 Å². The van der Waals surface area contributed by atoms with E-state index in [1.54, 1.807) is 11.0 Å². The van der Waals surface area contributed by atoms with Gasteiger partial charge in [0, 0.05) is 12.7 Å². The summed E-state index contributed by atoms with van der Waals surface area (Å²) in [5.74, 6) is 1.55. The molecule has 128 valence electrons. The number of aryl methyl sites for hydroxylation is 2. The lowest BCUT2D eigenvalue weighted by Crippen LogP contribution is -2.31. The molecule has 0 bridgehead atoms. The van der Waals surface area contributed by atoms with Gasteiger partial charge < -0.3 is 10.6 Å². The first-order valence-corrected chi connectivity index (χ1v) is 8.19. The molecule has 0 fully saturated rings. The van der Waals surface area contributed by atoms with E-state index in [0.29, 0.717) is 19.0 Å². The van der Waals surface area contributed by atoms with Crippen molar-refractivity contribution < 1.29 is 0 Å². The number of nitrogens with one attached hydrogen (secondary N) is 2. The van der Waals surface area contributed by atoms with Crippen LogP contribution in [0, 0.1) is 6.92 Å². The van der Waals surface area contributed by atoms with E-state index in [0.717, 1.165) is 11.5 Å². The number of benzene rings is 2. The zero-order valence-electron chi connectivity index (χ0n) is 14.5. The minimum atomic E-state index is 0.545. The summed E-state index contributed by atoms with van der Waals surface area (Å²) in [4.78, 5) is 8.91. The molecule has 0 saturated carbocycles. The monoisotopic (exact) mass is 334 g/mol. The summed E-state index contributed by atoms with van der Waals surface area (Å²) in [5, 5.41) is 10.7. The quantitative estimate of drug-likeness (QED) is 0.556. The molecule has 0 atom stereocenters. The van der Waals surface area contributed by atoms with Crippen molar-refractivity contribution in [2.24, 2.45) is 12.0 Å². The summed E-state index contributed by atoms with van der Waals surface area (Å²) >= 11 is 0. The Balaban J connectivity index is 1.71. The van der Waals surface area contributed by atoms with Crippen molar-refractivity contribution in [1.82, 2.24) is 20.1 Å². The lowest BCUT2D eigenvalue weighted by Gasteiger charge is -2.12. The molecule has 0 aliphatic carbocycles. The summed E-state index contributed by atoms with van der Waals surface area (Å²) < 4.78 is 1.74. The molecule has 0 aliphatic heterocycles. The average molecular weight is 334 g/mol. The number of aliphatic imine (C=N–C) groups is 1. The van der Waals surface area contributed by atoms with Crippen LogP contribution in [0.3, 0.4) is 0 Å². The zero-order chi connectivity index (χ0) is 17.5. The van der Waals surface area contributed by atoms with E-state index in [2.05, 4.69) is 56.9 Å². The highest BCUT2D eigenvalue weighted by atomic mass is 15.3. The minimum absolute atomic E-state index is 0.545. The van der Waals surface area contributed by atoms with Crippen molar-refractivity contribution in [3.8, 4) is 0 Å². The van der Waals surface area contributed by atoms with Crippen LogP contribution < -0.4 is 10.6 Å². The van der Waals surface area contributed by atoms with Crippen molar-refractivity contribution in [2.45, 2.75) is 20.0 Å². The molecule has 0 aliphatic rings. The normalized spacial score (nSPS) is 11.4. The zero-order valence-corrected chi connectivity index (χ0v) is 14.5. The van der Waals surface area contributed by atoms with E-state index < -0.39 is 0 Å². The average Bonchev–Trinajstić information content (AvgIpc) is 3.04. The summed E-state index contributed by atoms with van der Waals surface area (Å²) in [5.41, 5.74) is 3.39. The molecule has 3 aromatic rings. The van der Waals surface area contributed by atoms with Gasteiger partial charge >= 0.3 is 0 Å². The van der Waals surface area contributed by atoms with Crippen molar-refractivity contribution in [3.05, 3.63) is 77.9 Å². The molecular weight excluding hydrogens is 312 g/mol. The lowest BCUT2D eigenvalue weighted by molar-refractivity contribution is 0.680. The Morgan fingerprint density at radius 3 is 2.52 bits per heavy atom. The minimum Gasteiger partial charge on any atom is -0.349 e. The summed E-state index contributed by atoms with van der Waals surface area (Å²) in [6.45, 7) is 3.22. The molecule has 6 heteroatoms. The van der Waals surface area contributed by atoms with Gasteiger partial charge in [0.15, 0.2) is 5.96 Å². The van der Waals surface area contributed by atoms with E-state index in [9.17, 15) is 0 Å². The third-order valence-electron chi connectivity index (χ3n) is 3.80. The van der Waals surface area contributed by atoms with E-state index in [1.165, 1.54) is 11.1 Å². The van der Waals surface area contributed by atoms with Gasteiger partial charge in [0.25, 0.3) is 0 Å². The van der Waals surface area contributed by atoms with Crippen LogP contribution in [0.15, 0.2) is 65.9 Å². The Labute approximate surface area is 147 Å². The van der Waals surface area contributed by atoms with E-state index in [1.807, 2.05) is 37.4 Å². The van der Waals surface area contributed by atoms with Crippen molar-refractivity contribution in [1.29, 1.82) is 0 Å². The van der Waals surface area contributed by atoms with Gasteiger partial charge in [-0.1, -0.05) is 48.0 Å². The Morgan fingerprint density at radius 1 is 1.08 bits per heavy atom. The highest BCUT2D eigenvalue weighted by Crippen LogP contribution is 2.07. The number of guanidine groups is 1. The number of aromatic nitrogens is 3. The van der Waals surface area contributed by atoms with E-state index >= 15 is 0 Å². The number of nitrogens with zero attached hydrogens (tertiary/aromatic N) is 4. The molecule has 1 heterocycles. The molecular formula is C19H22N6. The second-order valence-electron chi connectivity index (χ2n) is 5.79. The van der Waals surface area contributed by atoms with Gasteiger partial charge in [-0.05, 0) is 24.6 Å². The molecule has 0 radical (unpaired) electrons. The van der Waals surface area contributed by atoms with Gasteiger partial charge in [-0.25, -0.2) is 9.98 Å². The van der Waals surface area contributed by atoms with E-state index in [4.69, 9.17) is 0 Å². The smallest absolute Gasteiger partial charge is 0.196 e. The van der Waals surface area contributed by atoms with Crippen LogP contribution in [0.2, 0.25) is 0 Å². The van der Waals surface area contributed by atoms with Crippen LogP contribution in [0.25, 0.3) is 0 Å². The fraction of sp³-hybridized carbons (Fsp3) is 0.211. The van der Waals surface area contributed by atoms with Crippen molar-refractivity contribution in [3.63, 3.8) is 0 Å². The maximum atomic E-state index is 4.69. The molecule has 0 unspecified atom stereocenters. The number of hydrogen-bond donors (Lipinski definition) is 2. The third kappa shape index (κ3) is 4.91. The van der Waals surface area contributed by atoms with Crippen LogP contribution in [0.5, 0.6) is 0 Å². The lowest BCUT2D eigenvalue weighted by atomic mass is 10.1. The van der Waals surface area contributed by atoms with Gasteiger partial charge in [-0.2, -0.15) is 5.10 Å². The largest absolute Gasteiger partial charge is 0.349 e. The molecule has 0 spiro atoms. The highest BCUT2D eigenvalue weighted by Gasteiger charge is 2.04. The van der Waals surface area contributed by atoms with Gasteiger partial charge in [-0.15, -0.1) is 0 Å². The molecule has 2 N–H and O–H groups in total. The third-order valence-corrected chi connectivity index (χ3v) is 3.80. The van der Waals surface area contributed by atoms with Gasteiger partial charge in [0.2, 0.25) is 0 Å².